The molecule has 4 rings (SSSR count). The molecule has 7 nitrogen and oxygen atoms in total. The van der Waals surface area contributed by atoms with Crippen LogP contribution in [0, 0.1) is 0 Å². The maximum atomic E-state index is 11.9. The van der Waals surface area contributed by atoms with Gasteiger partial charge in [-0.1, -0.05) is 91.0 Å². The molecule has 0 bridgehead atoms. The second-order valence-corrected chi connectivity index (χ2v) is 11.4. The van der Waals surface area contributed by atoms with E-state index in [1.807, 2.05) is 30.3 Å². The maximum Gasteiger partial charge on any atom is 0.243 e. The highest BCUT2D eigenvalue weighted by Crippen LogP contribution is 2.36. The first-order valence-corrected chi connectivity index (χ1v) is 14.7. The van der Waals surface area contributed by atoms with Gasteiger partial charge < -0.3 is 9.84 Å². The zero-order chi connectivity index (χ0) is 27.0. The van der Waals surface area contributed by atoms with Gasteiger partial charge in [-0.2, -0.15) is 0 Å². The van der Waals surface area contributed by atoms with Crippen LogP contribution in [0.2, 0.25) is 0 Å². The van der Waals surface area contributed by atoms with Crippen LogP contribution in [0.1, 0.15) is 57.1 Å². The lowest BCUT2D eigenvalue weighted by molar-refractivity contribution is -0.116. The molecule has 0 aliphatic heterocycles. The quantitative estimate of drug-likeness (QED) is 0.160. The van der Waals surface area contributed by atoms with E-state index in [1.165, 1.54) is 23.3 Å². The summed E-state index contributed by atoms with van der Waals surface area (Å²) in [4.78, 5) is 12.0. The minimum atomic E-state index is -3.76. The van der Waals surface area contributed by atoms with Crippen LogP contribution in [-0.2, 0) is 21.2 Å². The smallest absolute Gasteiger partial charge is 0.243 e. The Labute approximate surface area is 224 Å². The summed E-state index contributed by atoms with van der Waals surface area (Å²) in [5.74, 6) is 0.795. The van der Waals surface area contributed by atoms with Crippen LogP contribution in [0.3, 0.4) is 0 Å². The third kappa shape index (κ3) is 7.52. The van der Waals surface area contributed by atoms with Crippen molar-refractivity contribution in [1.29, 1.82) is 0 Å². The van der Waals surface area contributed by atoms with E-state index < -0.39 is 10.0 Å². The van der Waals surface area contributed by atoms with Gasteiger partial charge in [0.05, 0.1) is 10.5 Å². The van der Waals surface area contributed by atoms with Crippen molar-refractivity contribution in [3.8, 4) is 22.4 Å². The van der Waals surface area contributed by atoms with Gasteiger partial charge >= 0.3 is 0 Å². The van der Waals surface area contributed by atoms with Crippen molar-refractivity contribution in [2.24, 2.45) is 5.14 Å². The number of nitrogens with zero attached hydrogens (tertiary/aromatic N) is 1. The number of sulfonamides is 1. The molecule has 200 valence electrons. The van der Waals surface area contributed by atoms with Crippen molar-refractivity contribution in [2.75, 3.05) is 6.54 Å². The fourth-order valence-electron chi connectivity index (χ4n) is 4.65. The Kier molecular flexibility index (Phi) is 9.31. The standard InChI is InChI=1S/C30H35N3O4S/c1-22-19-23(20-22)21-28(34)32-18-10-5-3-2-4-9-13-27-29(24-14-16-26(17-15-24)38(31,35)36)30(33-37-27)25-11-7-6-8-12-25/h6-8,11-12,14-17,21H,1-5,9-10,13,18-20H2,(H,32,34)(H2,31,35,36). The molecule has 1 aliphatic carbocycles. The van der Waals surface area contributed by atoms with E-state index in [4.69, 9.17) is 9.66 Å². The monoisotopic (exact) mass is 533 g/mol. The fourth-order valence-corrected chi connectivity index (χ4v) is 5.17. The molecule has 1 aromatic heterocycles. The number of aryl methyl sites for hydroxylation is 1. The first-order valence-electron chi connectivity index (χ1n) is 13.1. The minimum absolute atomic E-state index is 0.00419. The van der Waals surface area contributed by atoms with Gasteiger partial charge in [0.25, 0.3) is 0 Å². The van der Waals surface area contributed by atoms with Crippen LogP contribution in [0.4, 0.5) is 0 Å². The first-order chi connectivity index (χ1) is 18.3. The van der Waals surface area contributed by atoms with Crippen molar-refractivity contribution in [3.05, 3.63) is 84.2 Å². The lowest BCUT2D eigenvalue weighted by atomic mass is 9.87. The molecule has 0 spiro atoms. The van der Waals surface area contributed by atoms with Gasteiger partial charge in [-0.3, -0.25) is 4.79 Å². The normalized spacial score (nSPS) is 13.3. The van der Waals surface area contributed by atoms with Gasteiger partial charge in [-0.05, 0) is 43.4 Å². The zero-order valence-electron chi connectivity index (χ0n) is 21.6. The van der Waals surface area contributed by atoms with Crippen molar-refractivity contribution in [1.82, 2.24) is 10.5 Å². The second-order valence-electron chi connectivity index (χ2n) is 9.83. The summed E-state index contributed by atoms with van der Waals surface area (Å²) in [6.07, 6.45) is 10.5. The Bertz CT molecular complexity index is 1380. The number of allylic oxidation sites excluding steroid dienone is 2. The molecule has 3 N–H and O–H groups in total. The van der Waals surface area contributed by atoms with E-state index in [9.17, 15) is 13.2 Å². The van der Waals surface area contributed by atoms with E-state index in [-0.39, 0.29) is 10.8 Å². The molecule has 0 unspecified atom stereocenters. The molecule has 1 saturated carbocycles. The molecule has 0 atom stereocenters. The number of rotatable bonds is 13. The Morgan fingerprint density at radius 3 is 2.26 bits per heavy atom. The Morgan fingerprint density at radius 2 is 1.61 bits per heavy atom. The fraction of sp³-hybridized carbons (Fsp3) is 0.333. The highest BCUT2D eigenvalue weighted by atomic mass is 32.2. The summed E-state index contributed by atoms with van der Waals surface area (Å²) >= 11 is 0. The zero-order valence-corrected chi connectivity index (χ0v) is 22.4. The molecule has 0 saturated heterocycles. The lowest BCUT2D eigenvalue weighted by Gasteiger charge is -2.19. The molecular weight excluding hydrogens is 498 g/mol. The number of carbonyl (C=O) groups is 1. The van der Waals surface area contributed by atoms with Crippen LogP contribution in [0.5, 0.6) is 0 Å². The van der Waals surface area contributed by atoms with Crippen molar-refractivity contribution >= 4 is 15.9 Å². The number of hydrogen-bond donors (Lipinski definition) is 2. The molecule has 8 heteroatoms. The van der Waals surface area contributed by atoms with Crippen molar-refractivity contribution < 1.29 is 17.7 Å². The number of carbonyl (C=O) groups excluding carboxylic acids is 1. The average Bonchev–Trinajstić information content (AvgIpc) is 3.30. The van der Waals surface area contributed by atoms with Crippen LogP contribution in [0.15, 0.2) is 87.8 Å². The van der Waals surface area contributed by atoms with Gasteiger partial charge in [-0.25, -0.2) is 13.6 Å². The van der Waals surface area contributed by atoms with Crippen LogP contribution >= 0.6 is 0 Å². The molecule has 1 amide bonds. The van der Waals surface area contributed by atoms with Crippen LogP contribution in [-0.4, -0.2) is 26.0 Å². The number of nitrogens with one attached hydrogen (secondary N) is 1. The van der Waals surface area contributed by atoms with E-state index in [1.54, 1.807) is 18.2 Å². The van der Waals surface area contributed by atoms with Crippen LogP contribution < -0.4 is 10.5 Å². The molecule has 0 radical (unpaired) electrons. The number of hydrogen-bond acceptors (Lipinski definition) is 5. The van der Waals surface area contributed by atoms with Crippen LogP contribution in [0.25, 0.3) is 22.4 Å². The number of benzene rings is 2. The van der Waals surface area contributed by atoms with Crippen molar-refractivity contribution in [2.45, 2.75) is 62.7 Å². The van der Waals surface area contributed by atoms with Gasteiger partial charge in [0.1, 0.15) is 11.5 Å². The third-order valence-electron chi connectivity index (χ3n) is 6.70. The summed E-state index contributed by atoms with van der Waals surface area (Å²) in [7, 11) is -3.76. The molecular formula is C30H35N3O4S. The van der Waals surface area contributed by atoms with E-state index in [0.717, 1.165) is 85.9 Å². The Morgan fingerprint density at radius 1 is 0.947 bits per heavy atom. The first kappa shape index (κ1) is 27.5. The Hall–Kier alpha value is -3.49. The van der Waals surface area contributed by atoms with Gasteiger partial charge in [0.15, 0.2) is 0 Å². The highest BCUT2D eigenvalue weighted by Gasteiger charge is 2.20. The maximum absolute atomic E-state index is 11.9. The summed E-state index contributed by atoms with van der Waals surface area (Å²) in [5.41, 5.74) is 5.76. The van der Waals surface area contributed by atoms with E-state index in [0.29, 0.717) is 6.54 Å². The highest BCUT2D eigenvalue weighted by molar-refractivity contribution is 7.89. The summed E-state index contributed by atoms with van der Waals surface area (Å²) in [6, 6.07) is 16.3. The van der Waals surface area contributed by atoms with Gasteiger partial charge in [0.2, 0.25) is 15.9 Å². The number of nitrogens with two attached hydrogens (primary N) is 1. The van der Waals surface area contributed by atoms with Gasteiger partial charge in [0, 0.05) is 24.6 Å². The van der Waals surface area contributed by atoms with Crippen molar-refractivity contribution in [3.63, 3.8) is 0 Å². The van der Waals surface area contributed by atoms with E-state index >= 15 is 0 Å². The predicted octanol–water partition coefficient (Wildman–Crippen LogP) is 5.93. The largest absolute Gasteiger partial charge is 0.360 e. The number of primary sulfonamides is 1. The molecule has 3 aromatic rings. The predicted molar refractivity (Wildman–Crippen MR) is 150 cm³/mol. The average molecular weight is 534 g/mol. The molecule has 2 aromatic carbocycles. The number of aromatic nitrogens is 1. The molecule has 1 aliphatic rings. The number of unbranched alkanes of at least 4 members (excludes halogenated alkanes) is 5. The second kappa shape index (κ2) is 12.8. The molecule has 1 heterocycles. The van der Waals surface area contributed by atoms with Gasteiger partial charge in [-0.15, -0.1) is 0 Å². The topological polar surface area (TPSA) is 115 Å². The SMILES string of the molecule is C=C1CC(=CC(=O)NCCCCCCCCc2onc(-c3ccccc3)c2-c2ccc(S(N)(=O)=O)cc2)C1. The van der Waals surface area contributed by atoms with E-state index in [2.05, 4.69) is 17.1 Å². The summed E-state index contributed by atoms with van der Waals surface area (Å²) in [6.45, 7) is 4.60. The molecule has 38 heavy (non-hydrogen) atoms. The summed E-state index contributed by atoms with van der Waals surface area (Å²) in [5, 5.41) is 12.6. The molecule has 1 fully saturated rings. The lowest BCUT2D eigenvalue weighted by Crippen LogP contribution is -2.23. The third-order valence-corrected chi connectivity index (χ3v) is 7.63. The number of amides is 1. The summed E-state index contributed by atoms with van der Waals surface area (Å²) < 4.78 is 29.2. The minimum Gasteiger partial charge on any atom is -0.360 e. The Balaban J connectivity index is 1.27.